The average Bonchev–Trinajstić information content (AvgIpc) is 3.22. The third kappa shape index (κ3) is 9.45. The number of ether oxygens (including phenoxy) is 2. The van der Waals surface area contributed by atoms with Crippen molar-refractivity contribution in [3.05, 3.63) is 44.0 Å². The number of H-pyrrole nitrogens is 1. The topological polar surface area (TPSA) is 132 Å². The van der Waals surface area contributed by atoms with Crippen LogP contribution >= 0.6 is 8.53 Å². The average molecular weight is 586 g/mol. The largest absolute Gasteiger partial charge is 0.361 e. The van der Waals surface area contributed by atoms with E-state index in [0.717, 1.165) is 0 Å². The highest BCUT2D eigenvalue weighted by atomic mass is 31.2. The van der Waals surface area contributed by atoms with Gasteiger partial charge in [0.1, 0.15) is 25.4 Å². The highest BCUT2D eigenvalue weighted by molar-refractivity contribution is 7.44. The van der Waals surface area contributed by atoms with Crippen molar-refractivity contribution in [2.24, 2.45) is 0 Å². The number of hydrogen-bond donors (Lipinski definition) is 2. The van der Waals surface area contributed by atoms with Crippen LogP contribution in [0.2, 0.25) is 0 Å². The molecule has 0 aromatic carbocycles. The molecule has 1 saturated heterocycles. The first-order valence-corrected chi connectivity index (χ1v) is 14.6. The predicted octanol–water partition coefficient (Wildman–Crippen LogP) is 1.88. The van der Waals surface area contributed by atoms with Crippen molar-refractivity contribution < 1.29 is 24.7 Å². The Balaban J connectivity index is 2.50. The van der Waals surface area contributed by atoms with Crippen LogP contribution in [0.4, 0.5) is 0 Å². The van der Waals surface area contributed by atoms with Crippen molar-refractivity contribution in [3.8, 4) is 0 Å². The van der Waals surface area contributed by atoms with Crippen molar-refractivity contribution in [2.45, 2.75) is 84.6 Å². The number of aryl methyl sites for hydroxylation is 1. The van der Waals surface area contributed by atoms with Crippen molar-refractivity contribution in [2.75, 3.05) is 46.9 Å². The second kappa shape index (κ2) is 16.3. The van der Waals surface area contributed by atoms with E-state index >= 15 is 0 Å². The molecule has 1 aromatic heterocycles. The van der Waals surface area contributed by atoms with Gasteiger partial charge in [0.2, 0.25) is 12.5 Å². The summed E-state index contributed by atoms with van der Waals surface area (Å²) in [4.78, 5) is 45.2. The van der Waals surface area contributed by atoms with Gasteiger partial charge in [-0.05, 0) is 55.1 Å². The molecule has 6 atom stereocenters. The fraction of sp³-hybridized carbons (Fsp3) is 0.769. The number of amides is 1. The summed E-state index contributed by atoms with van der Waals surface area (Å²) in [7, 11) is 2.03. The maximum absolute atomic E-state index is 12.9. The van der Waals surface area contributed by atoms with Crippen LogP contribution in [-0.4, -0.2) is 102 Å². The summed E-state index contributed by atoms with van der Waals surface area (Å²) in [5, 5.41) is 2.80. The lowest BCUT2D eigenvalue weighted by Crippen LogP contribution is -2.43. The minimum atomic E-state index is -1.76. The predicted molar refractivity (Wildman–Crippen MR) is 153 cm³/mol. The maximum Gasteiger partial charge on any atom is 0.330 e. The molecule has 0 saturated carbocycles. The van der Waals surface area contributed by atoms with Gasteiger partial charge >= 0.3 is 5.69 Å². The first-order chi connectivity index (χ1) is 19.3. The minimum absolute atomic E-state index is 0.0188. The minimum Gasteiger partial charge on any atom is -0.361 e. The molecule has 2 rings (SSSR count). The Morgan fingerprint density at radius 3 is 2.55 bits per heavy atom. The third-order valence-corrected chi connectivity index (χ3v) is 8.25. The molecule has 0 bridgehead atoms. The highest BCUT2D eigenvalue weighted by Gasteiger charge is 2.49. The van der Waals surface area contributed by atoms with Crippen molar-refractivity contribution >= 4 is 14.4 Å². The van der Waals surface area contributed by atoms with E-state index in [1.54, 1.807) is 13.8 Å². The van der Waals surface area contributed by atoms with Gasteiger partial charge in [-0.25, -0.2) is 16.0 Å². The number of hydrogen-bond acceptors (Lipinski definition) is 9. The smallest absolute Gasteiger partial charge is 0.330 e. The monoisotopic (exact) mass is 585 g/mol. The number of carbonyl (C=O) groups excluding carboxylic acids is 1. The Labute approximate surface area is 239 Å². The third-order valence-electron chi connectivity index (χ3n) is 6.13. The van der Waals surface area contributed by atoms with E-state index in [4.69, 9.17) is 26.5 Å². The lowest BCUT2D eigenvalue weighted by molar-refractivity contribution is -0.132. The molecule has 1 aliphatic rings. The summed E-state index contributed by atoms with van der Waals surface area (Å²) in [5.74, 6) is -0.363. The first kappa shape index (κ1) is 32.3. The zero-order chi connectivity index (χ0) is 30.9. The van der Waals surface area contributed by atoms with Gasteiger partial charge in [-0.2, -0.15) is 0 Å². The first-order valence-electron chi connectivity index (χ1n) is 14.0. The lowest BCUT2D eigenvalue weighted by Gasteiger charge is -2.38. The number of likely N-dealkylation sites (N-methyl/N-ethyl adjacent to an activating group) is 1. The molecule has 1 aliphatic heterocycles. The Bertz CT molecular complexity index is 1130. The number of nitrogens with zero attached hydrogens (tertiary/aromatic N) is 4. The molecule has 40 heavy (non-hydrogen) atoms. The maximum atomic E-state index is 12.9. The highest BCUT2D eigenvalue weighted by Crippen LogP contribution is 2.50. The van der Waals surface area contributed by atoms with Crippen LogP contribution in [0.25, 0.3) is 4.85 Å². The molecule has 1 aromatic rings. The summed E-state index contributed by atoms with van der Waals surface area (Å²) >= 11 is 0. The molecule has 2 unspecified atom stereocenters. The molecule has 226 valence electrons. The molecule has 0 radical (unpaired) electrons. The number of rotatable bonds is 16. The summed E-state index contributed by atoms with van der Waals surface area (Å²) in [5.41, 5.74) is -0.960. The molecule has 0 aliphatic carbocycles. The van der Waals surface area contributed by atoms with E-state index in [1.807, 2.05) is 51.4 Å². The number of carbonyl (C=O) groups is 1. The molecule has 1 fully saturated rings. The van der Waals surface area contributed by atoms with Crippen molar-refractivity contribution in [3.63, 3.8) is 0 Å². The standard InChI is InChI=1S/C26H45N6O7P/c1-10-20-22(39-40(37-14-12-27-7)32(17(2)3)18(4)5)23(36-16-21(33)28-11-13-30(8)9)25(38-20)31-15-19(6)24(34)29-26(31)35/h15,17-18,20,22-23,25H,10-14,16H2,1-6,8-9H3,(H,28,33)(H,29,34,35)/t20-,22-,23-,25-,40?/m1/s1/i10D/t10?,20-,22-,23-,25-,40?. The SMILES string of the molecule is [2H]C(C)[C@H]1O[C@@H](n2cc(C)c(=O)[nH]c2=O)[C@H](OCC(=O)NCCN(C)C)[C@@H]1OP(OCC[N+]#[C-])N(C(C)C)C(C)C. The zero-order valence-electron chi connectivity index (χ0n) is 25.7. The van der Waals surface area contributed by atoms with Crippen LogP contribution in [0, 0.1) is 13.5 Å². The van der Waals surface area contributed by atoms with Crippen molar-refractivity contribution in [1.82, 2.24) is 24.4 Å². The molecular weight excluding hydrogens is 539 g/mol. The van der Waals surface area contributed by atoms with Crippen LogP contribution in [-0.2, 0) is 23.3 Å². The van der Waals surface area contributed by atoms with E-state index < -0.39 is 50.7 Å². The van der Waals surface area contributed by atoms with Crippen LogP contribution in [0.5, 0.6) is 0 Å². The van der Waals surface area contributed by atoms with Crippen LogP contribution in [0.1, 0.15) is 54.2 Å². The second-order valence-corrected chi connectivity index (χ2v) is 11.7. The van der Waals surface area contributed by atoms with Gasteiger partial charge in [0.15, 0.2) is 6.23 Å². The van der Waals surface area contributed by atoms with Gasteiger partial charge in [0.25, 0.3) is 14.1 Å². The summed E-state index contributed by atoms with van der Waals surface area (Å²) < 4.78 is 36.8. The van der Waals surface area contributed by atoms with Crippen LogP contribution < -0.4 is 16.6 Å². The van der Waals surface area contributed by atoms with Gasteiger partial charge in [0, 0.05) is 38.3 Å². The summed E-state index contributed by atoms with van der Waals surface area (Å²) in [6, 6.07) is 0.0377. The Morgan fingerprint density at radius 1 is 1.30 bits per heavy atom. The number of aromatic amines is 1. The molecule has 13 nitrogen and oxygen atoms in total. The van der Waals surface area contributed by atoms with E-state index in [9.17, 15) is 14.4 Å². The number of aromatic nitrogens is 2. The van der Waals surface area contributed by atoms with Crippen LogP contribution in [0.3, 0.4) is 0 Å². The molecule has 2 N–H and O–H groups in total. The second-order valence-electron chi connectivity index (χ2n) is 10.3. The molecule has 1 amide bonds. The molecule has 0 spiro atoms. The van der Waals surface area contributed by atoms with Crippen molar-refractivity contribution in [1.29, 1.82) is 0 Å². The van der Waals surface area contributed by atoms with E-state index in [2.05, 4.69) is 15.1 Å². The Kier molecular flexibility index (Phi) is 13.2. The Hall–Kier alpha value is -2.17. The fourth-order valence-corrected chi connectivity index (χ4v) is 6.01. The summed E-state index contributed by atoms with van der Waals surface area (Å²) in [6.45, 7) is 19.4. The van der Waals surface area contributed by atoms with E-state index in [-0.39, 0.29) is 43.3 Å². The molecule has 2 heterocycles. The normalized spacial score (nSPS) is 23.0. The number of nitrogens with one attached hydrogen (secondary N) is 2. The van der Waals surface area contributed by atoms with E-state index in [0.29, 0.717) is 13.1 Å². The zero-order valence-corrected chi connectivity index (χ0v) is 25.6. The fourth-order valence-electron chi connectivity index (χ4n) is 4.26. The quantitative estimate of drug-likeness (QED) is 0.170. The lowest BCUT2D eigenvalue weighted by atomic mass is 10.1. The van der Waals surface area contributed by atoms with Gasteiger partial charge in [-0.3, -0.25) is 19.1 Å². The van der Waals surface area contributed by atoms with Crippen LogP contribution in [0.15, 0.2) is 15.8 Å². The van der Waals surface area contributed by atoms with E-state index in [1.165, 1.54) is 10.8 Å². The van der Waals surface area contributed by atoms with Gasteiger partial charge in [-0.1, -0.05) is 6.92 Å². The Morgan fingerprint density at radius 2 is 1.98 bits per heavy atom. The summed E-state index contributed by atoms with van der Waals surface area (Å²) in [6.07, 6.45) is -3.32. The van der Waals surface area contributed by atoms with Gasteiger partial charge in [-0.15, -0.1) is 0 Å². The van der Waals surface area contributed by atoms with Gasteiger partial charge < -0.3 is 33.6 Å². The molecular formula is C26H45N6O7P. The van der Waals surface area contributed by atoms with Gasteiger partial charge in [0.05, 0.1) is 6.10 Å². The molecule has 14 heteroatoms.